The van der Waals surface area contributed by atoms with E-state index in [0.29, 0.717) is 22.3 Å². The van der Waals surface area contributed by atoms with Gasteiger partial charge in [-0.2, -0.15) is 0 Å². The van der Waals surface area contributed by atoms with Crippen LogP contribution in [-0.4, -0.2) is 41.1 Å². The number of alkyl halides is 1. The molecule has 1 aliphatic heterocycles. The normalized spacial score (nSPS) is 22.0. The first-order chi connectivity index (χ1) is 15.5. The number of esters is 3. The van der Waals surface area contributed by atoms with Gasteiger partial charge in [-0.3, -0.25) is 4.79 Å². The lowest BCUT2D eigenvalue weighted by Crippen LogP contribution is -2.37. The Labute approximate surface area is 212 Å². The van der Waals surface area contributed by atoms with Crippen LogP contribution in [0.3, 0.4) is 0 Å². The van der Waals surface area contributed by atoms with Gasteiger partial charge in [0.15, 0.2) is 23.1 Å². The topological polar surface area (TPSA) is 78.9 Å². The monoisotopic (exact) mass is 554 g/mol. The van der Waals surface area contributed by atoms with Gasteiger partial charge in [0.2, 0.25) is 0 Å². The highest BCUT2D eigenvalue weighted by Crippen LogP contribution is 2.41. The number of benzene rings is 2. The summed E-state index contributed by atoms with van der Waals surface area (Å²) in [5.74, 6) is -2.64. The van der Waals surface area contributed by atoms with E-state index in [1.54, 1.807) is 6.92 Å². The quantitative estimate of drug-likeness (QED) is 0.317. The zero-order valence-corrected chi connectivity index (χ0v) is 20.8. The van der Waals surface area contributed by atoms with Gasteiger partial charge in [0, 0.05) is 17.0 Å². The van der Waals surface area contributed by atoms with Crippen molar-refractivity contribution in [1.29, 1.82) is 0 Å². The first kappa shape index (κ1) is 25.9. The molecule has 0 aliphatic carbocycles. The van der Waals surface area contributed by atoms with Gasteiger partial charge in [0.05, 0.1) is 21.2 Å². The molecule has 4 atom stereocenters. The molecule has 0 amide bonds. The molecule has 6 nitrogen and oxygen atoms in total. The summed E-state index contributed by atoms with van der Waals surface area (Å²) in [5, 5.41) is 0.678. The molecule has 176 valence electrons. The van der Waals surface area contributed by atoms with Gasteiger partial charge in [-0.1, -0.05) is 58.2 Å². The van der Waals surface area contributed by atoms with Crippen molar-refractivity contribution in [1.82, 2.24) is 0 Å². The highest BCUT2D eigenvalue weighted by atomic mass is 35.5. The number of ether oxygens (including phenoxy) is 3. The van der Waals surface area contributed by atoms with Crippen molar-refractivity contribution in [3.63, 3.8) is 0 Å². The summed E-state index contributed by atoms with van der Waals surface area (Å²) in [6, 6.07) is 6.85. The third kappa shape index (κ3) is 5.87. The summed E-state index contributed by atoms with van der Waals surface area (Å²) in [6.45, 7) is 2.71. The SMILES string of the molecule is CC(=O)O[C@@H]1S[C@@H](OC(=O)c2ccc(Cl)c(C)c2Cl)[C@@H](OC(=O)c2ccc(Cl)cc2Cl)[C@@H]1F. The molecule has 0 bridgehead atoms. The number of carbonyl (C=O) groups is 3. The van der Waals surface area contributed by atoms with E-state index >= 15 is 4.39 Å². The van der Waals surface area contributed by atoms with Gasteiger partial charge < -0.3 is 14.2 Å². The van der Waals surface area contributed by atoms with Crippen LogP contribution in [0.4, 0.5) is 4.39 Å². The summed E-state index contributed by atoms with van der Waals surface area (Å²) in [4.78, 5) is 36.7. The standard InChI is InChI=1S/C21H15Cl4FO6S/c1-8-13(23)6-5-12(15(8)25)19(29)32-21-17(16(26)20(33-21)30-9(2)27)31-18(28)11-4-3-10(22)7-14(11)24/h3-7,16-17,20-21H,1-2H3/t16-,17-,20+,21+/m0/s1. The summed E-state index contributed by atoms with van der Waals surface area (Å²) in [7, 11) is 0. The summed E-state index contributed by atoms with van der Waals surface area (Å²) >= 11 is 24.7. The molecule has 12 heteroatoms. The maximum absolute atomic E-state index is 15.1. The molecular formula is C21H15Cl4FO6S. The van der Waals surface area contributed by atoms with Crippen LogP contribution in [0.25, 0.3) is 0 Å². The van der Waals surface area contributed by atoms with Crippen molar-refractivity contribution < 1.29 is 33.0 Å². The molecule has 0 unspecified atom stereocenters. The molecule has 0 radical (unpaired) electrons. The zero-order valence-electron chi connectivity index (χ0n) is 16.9. The van der Waals surface area contributed by atoms with Gasteiger partial charge in [-0.15, -0.1) is 0 Å². The van der Waals surface area contributed by atoms with Crippen molar-refractivity contribution in [2.75, 3.05) is 0 Å². The average Bonchev–Trinajstić information content (AvgIpc) is 3.00. The van der Waals surface area contributed by atoms with E-state index < -0.39 is 41.1 Å². The van der Waals surface area contributed by atoms with Gasteiger partial charge in [-0.25, -0.2) is 14.0 Å². The minimum atomic E-state index is -1.99. The third-order valence-corrected chi connectivity index (χ3v) is 7.25. The molecule has 1 fully saturated rings. The average molecular weight is 556 g/mol. The van der Waals surface area contributed by atoms with Crippen LogP contribution in [-0.2, 0) is 19.0 Å². The van der Waals surface area contributed by atoms with Gasteiger partial charge in [0.25, 0.3) is 0 Å². The van der Waals surface area contributed by atoms with Crippen LogP contribution in [0.5, 0.6) is 0 Å². The molecule has 2 aromatic rings. The van der Waals surface area contributed by atoms with Crippen molar-refractivity contribution in [2.45, 2.75) is 37.0 Å². The Morgan fingerprint density at radius 2 is 1.52 bits per heavy atom. The van der Waals surface area contributed by atoms with Crippen LogP contribution in [0, 0.1) is 6.92 Å². The maximum atomic E-state index is 15.1. The molecule has 1 aliphatic rings. The van der Waals surface area contributed by atoms with E-state index in [-0.39, 0.29) is 26.2 Å². The van der Waals surface area contributed by atoms with E-state index in [1.165, 1.54) is 30.3 Å². The smallest absolute Gasteiger partial charge is 0.340 e. The molecule has 1 heterocycles. The number of carbonyl (C=O) groups excluding carboxylic acids is 3. The Bertz CT molecular complexity index is 1110. The number of rotatable bonds is 5. The first-order valence-corrected chi connectivity index (χ1v) is 11.7. The van der Waals surface area contributed by atoms with Gasteiger partial charge in [0.1, 0.15) is 0 Å². The zero-order chi connectivity index (χ0) is 24.4. The number of hydrogen-bond acceptors (Lipinski definition) is 7. The maximum Gasteiger partial charge on any atom is 0.340 e. The van der Waals surface area contributed by atoms with E-state index in [1.807, 2.05) is 0 Å². The Morgan fingerprint density at radius 1 is 0.879 bits per heavy atom. The van der Waals surface area contributed by atoms with E-state index in [4.69, 9.17) is 60.6 Å². The molecule has 3 rings (SSSR count). The Morgan fingerprint density at radius 3 is 2.15 bits per heavy atom. The fraction of sp³-hybridized carbons (Fsp3) is 0.286. The second-order valence-corrected chi connectivity index (χ2v) is 9.69. The van der Waals surface area contributed by atoms with Crippen molar-refractivity contribution in [3.05, 3.63) is 67.1 Å². The Balaban J connectivity index is 1.85. The Kier molecular flexibility index (Phi) is 8.40. The van der Waals surface area contributed by atoms with Crippen molar-refractivity contribution in [3.8, 4) is 0 Å². The lowest BCUT2D eigenvalue weighted by atomic mass is 10.1. The molecule has 1 saturated heterocycles. The van der Waals surface area contributed by atoms with E-state index in [9.17, 15) is 14.4 Å². The number of halogens is 5. The lowest BCUT2D eigenvalue weighted by Gasteiger charge is -2.21. The molecule has 0 spiro atoms. The van der Waals surface area contributed by atoms with Crippen LogP contribution in [0.2, 0.25) is 20.1 Å². The van der Waals surface area contributed by atoms with Crippen molar-refractivity contribution in [2.24, 2.45) is 0 Å². The second-order valence-electron chi connectivity index (χ2n) is 6.86. The fourth-order valence-electron chi connectivity index (χ4n) is 2.89. The molecular weight excluding hydrogens is 541 g/mol. The molecule has 33 heavy (non-hydrogen) atoms. The third-order valence-electron chi connectivity index (χ3n) is 4.55. The summed E-state index contributed by atoms with van der Waals surface area (Å²) in [5.41, 5.74) is -2.36. The lowest BCUT2D eigenvalue weighted by molar-refractivity contribution is -0.145. The largest absolute Gasteiger partial charge is 0.450 e. The van der Waals surface area contributed by atoms with Crippen LogP contribution in [0.1, 0.15) is 33.2 Å². The molecule has 0 saturated carbocycles. The first-order valence-electron chi connectivity index (χ1n) is 9.28. The van der Waals surface area contributed by atoms with Crippen molar-refractivity contribution >= 4 is 76.1 Å². The van der Waals surface area contributed by atoms with Gasteiger partial charge in [-0.05, 0) is 42.8 Å². The highest BCUT2D eigenvalue weighted by molar-refractivity contribution is 8.00. The number of thioether (sulfide) groups is 1. The van der Waals surface area contributed by atoms with E-state index in [2.05, 4.69) is 0 Å². The Hall–Kier alpha value is -1.71. The van der Waals surface area contributed by atoms with E-state index in [0.717, 1.165) is 6.92 Å². The minimum Gasteiger partial charge on any atom is -0.450 e. The number of hydrogen-bond donors (Lipinski definition) is 0. The minimum absolute atomic E-state index is 0.0120. The summed E-state index contributed by atoms with van der Waals surface area (Å²) in [6.07, 6.45) is -3.59. The van der Waals surface area contributed by atoms with Crippen LogP contribution in [0.15, 0.2) is 30.3 Å². The molecule has 0 N–H and O–H groups in total. The van der Waals surface area contributed by atoms with Crippen LogP contribution < -0.4 is 0 Å². The van der Waals surface area contributed by atoms with Gasteiger partial charge >= 0.3 is 17.9 Å². The molecule has 0 aromatic heterocycles. The highest BCUT2D eigenvalue weighted by Gasteiger charge is 2.51. The predicted octanol–water partition coefficient (Wildman–Crippen LogP) is 6.29. The summed E-state index contributed by atoms with van der Waals surface area (Å²) < 4.78 is 30.7. The van der Waals surface area contributed by atoms with Crippen LogP contribution >= 0.6 is 58.2 Å². The second kappa shape index (κ2) is 10.7. The molecule has 2 aromatic carbocycles. The fourth-order valence-corrected chi connectivity index (χ4v) is 5.09. The predicted molar refractivity (Wildman–Crippen MR) is 124 cm³/mol.